The van der Waals surface area contributed by atoms with Crippen LogP contribution in [0.4, 0.5) is 0 Å². The maximum absolute atomic E-state index is 12.3. The normalized spacial score (nSPS) is 12.0. The lowest BCUT2D eigenvalue weighted by atomic mass is 10.0. The summed E-state index contributed by atoms with van der Waals surface area (Å²) in [6.07, 6.45) is 5.56. The van der Waals surface area contributed by atoms with Gasteiger partial charge in [-0.05, 0) is 30.5 Å². The van der Waals surface area contributed by atoms with E-state index < -0.39 is 10.0 Å². The average Bonchev–Trinajstić information content (AvgIpc) is 2.53. The minimum Gasteiger partial charge on any atom is -0.352 e. The molecule has 0 saturated heterocycles. The van der Waals surface area contributed by atoms with Gasteiger partial charge in [0, 0.05) is 20.6 Å². The first-order chi connectivity index (χ1) is 11.7. The zero-order valence-electron chi connectivity index (χ0n) is 15.5. The Bertz CT molecular complexity index is 673. The quantitative estimate of drug-likeness (QED) is 0.617. The fraction of sp³-hybridized carbons (Fsp3) is 0.611. The maximum Gasteiger partial charge on any atom is 0.252 e. The largest absolute Gasteiger partial charge is 0.352 e. The first-order valence-corrected chi connectivity index (χ1v) is 10.5. The van der Waals surface area contributed by atoms with E-state index in [4.69, 9.17) is 11.6 Å². The van der Waals surface area contributed by atoms with Crippen LogP contribution in [0.2, 0.25) is 5.02 Å². The van der Waals surface area contributed by atoms with Crippen LogP contribution in [-0.2, 0) is 10.0 Å². The lowest BCUT2D eigenvalue weighted by Crippen LogP contribution is -2.26. The third-order valence-corrected chi connectivity index (χ3v) is 6.10. The Morgan fingerprint density at radius 2 is 1.80 bits per heavy atom. The lowest BCUT2D eigenvalue weighted by molar-refractivity contribution is 0.0953. The molecule has 0 unspecified atom stereocenters. The summed E-state index contributed by atoms with van der Waals surface area (Å²) in [6.45, 7) is 4.99. The van der Waals surface area contributed by atoms with Crippen LogP contribution >= 0.6 is 11.6 Å². The van der Waals surface area contributed by atoms with Gasteiger partial charge >= 0.3 is 0 Å². The second-order valence-corrected chi connectivity index (χ2v) is 9.34. The number of halogens is 1. The van der Waals surface area contributed by atoms with E-state index in [2.05, 4.69) is 19.2 Å². The fourth-order valence-corrected chi connectivity index (χ4v) is 3.51. The van der Waals surface area contributed by atoms with Crippen LogP contribution in [-0.4, -0.2) is 39.3 Å². The number of nitrogens with zero attached hydrogens (tertiary/aromatic N) is 1. The van der Waals surface area contributed by atoms with Crippen molar-refractivity contribution in [3.63, 3.8) is 0 Å². The second kappa shape index (κ2) is 10.1. The van der Waals surface area contributed by atoms with Crippen LogP contribution in [0.3, 0.4) is 0 Å². The molecule has 142 valence electrons. The highest BCUT2D eigenvalue weighted by Crippen LogP contribution is 2.22. The molecule has 5 nitrogen and oxygen atoms in total. The number of benzene rings is 1. The average molecular weight is 389 g/mol. The summed E-state index contributed by atoms with van der Waals surface area (Å²) in [6, 6.07) is 4.18. The molecule has 0 radical (unpaired) electrons. The van der Waals surface area contributed by atoms with E-state index in [1.807, 2.05) is 0 Å². The summed E-state index contributed by atoms with van der Waals surface area (Å²) < 4.78 is 25.5. The molecule has 0 fully saturated rings. The van der Waals surface area contributed by atoms with Crippen LogP contribution in [0.25, 0.3) is 0 Å². The van der Waals surface area contributed by atoms with Crippen LogP contribution in [0.15, 0.2) is 23.1 Å². The van der Waals surface area contributed by atoms with Gasteiger partial charge in [0.1, 0.15) is 0 Å². The van der Waals surface area contributed by atoms with E-state index in [0.29, 0.717) is 6.54 Å². The predicted molar refractivity (Wildman–Crippen MR) is 103 cm³/mol. The van der Waals surface area contributed by atoms with Crippen molar-refractivity contribution < 1.29 is 13.2 Å². The molecule has 0 heterocycles. The Morgan fingerprint density at radius 3 is 2.40 bits per heavy atom. The Morgan fingerprint density at radius 1 is 1.16 bits per heavy atom. The van der Waals surface area contributed by atoms with Gasteiger partial charge in [-0.3, -0.25) is 4.79 Å². The van der Waals surface area contributed by atoms with Gasteiger partial charge in [-0.2, -0.15) is 0 Å². The highest BCUT2D eigenvalue weighted by molar-refractivity contribution is 7.89. The van der Waals surface area contributed by atoms with Crippen molar-refractivity contribution in [3.05, 3.63) is 28.8 Å². The van der Waals surface area contributed by atoms with Gasteiger partial charge in [-0.1, -0.05) is 51.1 Å². The first-order valence-electron chi connectivity index (χ1n) is 8.66. The number of hydrogen-bond donors (Lipinski definition) is 1. The Labute approximate surface area is 156 Å². The van der Waals surface area contributed by atoms with Crippen LogP contribution in [0.5, 0.6) is 0 Å². The van der Waals surface area contributed by atoms with E-state index in [-0.39, 0.29) is 21.4 Å². The molecule has 0 saturated carbocycles. The lowest BCUT2D eigenvalue weighted by Gasteiger charge is -2.13. The topological polar surface area (TPSA) is 66.5 Å². The van der Waals surface area contributed by atoms with Gasteiger partial charge in [0.2, 0.25) is 10.0 Å². The molecule has 1 aromatic rings. The fourth-order valence-electron chi connectivity index (χ4n) is 2.38. The summed E-state index contributed by atoms with van der Waals surface area (Å²) in [5.74, 6) is 0.385. The van der Waals surface area contributed by atoms with Crippen molar-refractivity contribution in [2.45, 2.75) is 50.8 Å². The Hall–Kier alpha value is -1.11. The van der Waals surface area contributed by atoms with Gasteiger partial charge in [0.15, 0.2) is 0 Å². The molecule has 1 amide bonds. The van der Waals surface area contributed by atoms with E-state index in [0.717, 1.165) is 29.5 Å². The molecule has 0 aromatic heterocycles. The third kappa shape index (κ3) is 6.96. The molecule has 0 spiro atoms. The first kappa shape index (κ1) is 21.9. The molecule has 0 aliphatic heterocycles. The van der Waals surface area contributed by atoms with E-state index >= 15 is 0 Å². The summed E-state index contributed by atoms with van der Waals surface area (Å²) in [4.78, 5) is 12.3. The highest BCUT2D eigenvalue weighted by Gasteiger charge is 2.20. The van der Waals surface area contributed by atoms with E-state index in [1.165, 1.54) is 45.1 Å². The summed E-state index contributed by atoms with van der Waals surface area (Å²) in [5.41, 5.74) is 0.185. The number of amides is 1. The number of carbonyl (C=O) groups is 1. The van der Waals surface area contributed by atoms with Gasteiger partial charge in [0.05, 0.1) is 15.5 Å². The Kier molecular flexibility index (Phi) is 8.89. The van der Waals surface area contributed by atoms with E-state index in [1.54, 1.807) is 0 Å². The van der Waals surface area contributed by atoms with E-state index in [9.17, 15) is 13.2 Å². The minimum absolute atomic E-state index is 0.0562. The minimum atomic E-state index is -3.60. The smallest absolute Gasteiger partial charge is 0.252 e. The van der Waals surface area contributed by atoms with Crippen molar-refractivity contribution in [1.82, 2.24) is 9.62 Å². The molecule has 0 atom stereocenters. The monoisotopic (exact) mass is 388 g/mol. The van der Waals surface area contributed by atoms with Gasteiger partial charge < -0.3 is 5.32 Å². The zero-order chi connectivity index (χ0) is 19.0. The highest BCUT2D eigenvalue weighted by atomic mass is 35.5. The van der Waals surface area contributed by atoms with Gasteiger partial charge in [0.25, 0.3) is 5.91 Å². The number of rotatable bonds is 10. The SMILES string of the molecule is CC(C)CCCCCCNC(=O)c1cc(S(=O)(=O)N(C)C)ccc1Cl. The van der Waals surface area contributed by atoms with Crippen molar-refractivity contribution in [2.75, 3.05) is 20.6 Å². The van der Waals surface area contributed by atoms with Crippen molar-refractivity contribution in [2.24, 2.45) is 5.92 Å². The maximum atomic E-state index is 12.3. The van der Waals surface area contributed by atoms with Gasteiger partial charge in [-0.15, -0.1) is 0 Å². The summed E-state index contributed by atoms with van der Waals surface area (Å²) >= 11 is 6.06. The summed E-state index contributed by atoms with van der Waals surface area (Å²) in [7, 11) is -0.703. The molecule has 25 heavy (non-hydrogen) atoms. The number of carbonyl (C=O) groups excluding carboxylic acids is 1. The number of nitrogens with one attached hydrogen (secondary N) is 1. The molecular weight excluding hydrogens is 360 g/mol. The summed E-state index contributed by atoms with van der Waals surface area (Å²) in [5, 5.41) is 3.06. The van der Waals surface area contributed by atoms with Crippen LogP contribution < -0.4 is 5.32 Å². The number of sulfonamides is 1. The van der Waals surface area contributed by atoms with Crippen molar-refractivity contribution >= 4 is 27.5 Å². The Balaban J connectivity index is 2.58. The molecule has 1 N–H and O–H groups in total. The molecular formula is C18H29ClN2O3S. The van der Waals surface area contributed by atoms with Crippen molar-refractivity contribution in [1.29, 1.82) is 0 Å². The van der Waals surface area contributed by atoms with Crippen LogP contribution in [0, 0.1) is 5.92 Å². The molecule has 1 aromatic carbocycles. The molecule has 0 bridgehead atoms. The third-order valence-electron chi connectivity index (χ3n) is 3.95. The zero-order valence-corrected chi connectivity index (χ0v) is 17.1. The number of hydrogen-bond acceptors (Lipinski definition) is 3. The number of unbranched alkanes of at least 4 members (excludes halogenated alkanes) is 3. The second-order valence-electron chi connectivity index (χ2n) is 6.78. The standard InChI is InChI=1S/C18H29ClN2O3S/c1-14(2)9-7-5-6-8-12-20-18(22)16-13-15(10-11-17(16)19)25(23,24)21(3)4/h10-11,13-14H,5-9,12H2,1-4H3,(H,20,22). The van der Waals surface area contributed by atoms with Crippen LogP contribution in [0.1, 0.15) is 56.3 Å². The van der Waals surface area contributed by atoms with Crippen molar-refractivity contribution in [3.8, 4) is 0 Å². The molecule has 1 rings (SSSR count). The van der Waals surface area contributed by atoms with Gasteiger partial charge in [-0.25, -0.2) is 12.7 Å². The predicted octanol–water partition coefficient (Wildman–Crippen LogP) is 3.93. The molecule has 7 heteroatoms. The molecule has 0 aliphatic rings. The molecule has 0 aliphatic carbocycles.